The van der Waals surface area contributed by atoms with E-state index < -0.39 is 17.5 Å². The Kier molecular flexibility index (Phi) is 4.39. The molecule has 106 valence electrons. The summed E-state index contributed by atoms with van der Waals surface area (Å²) in [6.07, 6.45) is 0.707. The summed E-state index contributed by atoms with van der Waals surface area (Å²) in [5.41, 5.74) is -0.324. The monoisotopic (exact) mass is 303 g/mol. The van der Waals surface area contributed by atoms with Crippen LogP contribution in [0.1, 0.15) is 13.3 Å². The summed E-state index contributed by atoms with van der Waals surface area (Å²) in [7, 11) is 0. The molecule has 1 aromatic heterocycles. The summed E-state index contributed by atoms with van der Waals surface area (Å²) in [5, 5.41) is -0.231. The van der Waals surface area contributed by atoms with Crippen LogP contribution in [0, 0.1) is 17.5 Å². The van der Waals surface area contributed by atoms with Gasteiger partial charge in [0.1, 0.15) is 0 Å². The van der Waals surface area contributed by atoms with Crippen LogP contribution in [-0.4, -0.2) is 21.6 Å². The van der Waals surface area contributed by atoms with Gasteiger partial charge in [0, 0.05) is 0 Å². The first-order chi connectivity index (χ1) is 9.52. The van der Waals surface area contributed by atoms with Gasteiger partial charge in [0.2, 0.25) is 5.28 Å². The number of halogens is 4. The maximum atomic E-state index is 13.7. The van der Waals surface area contributed by atoms with Gasteiger partial charge in [-0.3, -0.25) is 0 Å². The predicted octanol–water partition coefficient (Wildman–Crippen LogP) is 3.40. The molecule has 0 aliphatic rings. The molecule has 20 heavy (non-hydrogen) atoms. The maximum absolute atomic E-state index is 13.7. The van der Waals surface area contributed by atoms with E-state index in [0.29, 0.717) is 13.0 Å². The topological polar surface area (TPSA) is 47.9 Å². The summed E-state index contributed by atoms with van der Waals surface area (Å²) in [4.78, 5) is 11.2. The summed E-state index contributed by atoms with van der Waals surface area (Å²) >= 11 is 5.67. The second kappa shape index (κ2) is 6.04. The summed E-state index contributed by atoms with van der Waals surface area (Å²) in [5.74, 6) is -4.52. The van der Waals surface area contributed by atoms with Crippen molar-refractivity contribution in [2.24, 2.45) is 0 Å². The highest BCUT2D eigenvalue weighted by molar-refractivity contribution is 6.28. The van der Waals surface area contributed by atoms with Crippen molar-refractivity contribution in [3.8, 4) is 17.4 Å². The first-order valence-electron chi connectivity index (χ1n) is 5.71. The van der Waals surface area contributed by atoms with Crippen molar-refractivity contribution in [1.82, 2.24) is 15.0 Å². The lowest BCUT2D eigenvalue weighted by Gasteiger charge is -2.06. The first-order valence-corrected chi connectivity index (χ1v) is 6.09. The second-order valence-corrected chi connectivity index (χ2v) is 4.12. The Hall–Kier alpha value is -1.89. The van der Waals surface area contributed by atoms with Crippen LogP contribution in [-0.2, 0) is 0 Å². The lowest BCUT2D eigenvalue weighted by atomic mass is 10.2. The standard InChI is InChI=1S/C12H9ClF3N3O/c1-2-5-20-12-18-10(17-11(13)19-12)6-3-4-7(14)9(16)8(6)15/h3-4H,2,5H2,1H3. The van der Waals surface area contributed by atoms with E-state index in [2.05, 4.69) is 15.0 Å². The highest BCUT2D eigenvalue weighted by Crippen LogP contribution is 2.25. The van der Waals surface area contributed by atoms with Crippen LogP contribution < -0.4 is 4.74 Å². The number of hydrogen-bond donors (Lipinski definition) is 0. The molecule has 0 atom stereocenters. The fourth-order valence-corrected chi connectivity index (χ4v) is 1.56. The average molecular weight is 304 g/mol. The van der Waals surface area contributed by atoms with E-state index >= 15 is 0 Å². The van der Waals surface area contributed by atoms with Crippen LogP contribution in [0.25, 0.3) is 11.4 Å². The zero-order valence-corrected chi connectivity index (χ0v) is 11.1. The Balaban J connectivity index is 2.47. The lowest BCUT2D eigenvalue weighted by Crippen LogP contribution is -2.04. The Labute approximate surface area is 117 Å². The third-order valence-corrected chi connectivity index (χ3v) is 2.47. The minimum absolute atomic E-state index is 0.106. The molecule has 2 aromatic rings. The number of rotatable bonds is 4. The molecule has 0 aliphatic heterocycles. The molecular formula is C12H9ClF3N3O. The molecule has 1 aromatic carbocycles. The van der Waals surface area contributed by atoms with E-state index in [-0.39, 0.29) is 22.7 Å². The van der Waals surface area contributed by atoms with Crippen LogP contribution in [0.4, 0.5) is 13.2 Å². The van der Waals surface area contributed by atoms with Gasteiger partial charge in [-0.15, -0.1) is 0 Å². The third-order valence-electron chi connectivity index (χ3n) is 2.30. The quantitative estimate of drug-likeness (QED) is 0.812. The molecule has 0 N–H and O–H groups in total. The van der Waals surface area contributed by atoms with Crippen molar-refractivity contribution >= 4 is 11.6 Å². The van der Waals surface area contributed by atoms with E-state index in [9.17, 15) is 13.2 Å². The third kappa shape index (κ3) is 2.98. The van der Waals surface area contributed by atoms with E-state index in [1.54, 1.807) is 0 Å². The maximum Gasteiger partial charge on any atom is 0.321 e. The number of hydrogen-bond acceptors (Lipinski definition) is 4. The van der Waals surface area contributed by atoms with E-state index in [1.807, 2.05) is 6.92 Å². The molecule has 2 rings (SSSR count). The molecule has 0 saturated heterocycles. The molecule has 8 heteroatoms. The van der Waals surface area contributed by atoms with E-state index in [4.69, 9.17) is 16.3 Å². The molecule has 0 saturated carbocycles. The van der Waals surface area contributed by atoms with Gasteiger partial charge in [-0.2, -0.15) is 15.0 Å². The van der Waals surface area contributed by atoms with Crippen LogP contribution in [0.15, 0.2) is 12.1 Å². The molecule has 0 amide bonds. The molecule has 0 fully saturated rings. The molecule has 0 unspecified atom stereocenters. The molecule has 0 bridgehead atoms. The minimum atomic E-state index is -1.60. The molecular weight excluding hydrogens is 295 g/mol. The average Bonchev–Trinajstić information content (AvgIpc) is 2.42. The SMILES string of the molecule is CCCOc1nc(Cl)nc(-c2ccc(F)c(F)c2F)n1. The molecule has 4 nitrogen and oxygen atoms in total. The van der Waals surface area contributed by atoms with Crippen molar-refractivity contribution in [2.75, 3.05) is 6.61 Å². The van der Waals surface area contributed by atoms with Gasteiger partial charge in [0.15, 0.2) is 23.3 Å². The van der Waals surface area contributed by atoms with E-state index in [1.165, 1.54) is 0 Å². The van der Waals surface area contributed by atoms with Gasteiger partial charge < -0.3 is 4.74 Å². The number of ether oxygens (including phenoxy) is 1. The molecule has 0 radical (unpaired) electrons. The first kappa shape index (κ1) is 14.5. The van der Waals surface area contributed by atoms with Gasteiger partial charge in [0.05, 0.1) is 12.2 Å². The van der Waals surface area contributed by atoms with Gasteiger partial charge in [0.25, 0.3) is 0 Å². The molecule has 1 heterocycles. The largest absolute Gasteiger partial charge is 0.463 e. The number of nitrogens with zero attached hydrogens (tertiary/aromatic N) is 3. The Morgan fingerprint density at radius 1 is 1.10 bits per heavy atom. The fraction of sp³-hybridized carbons (Fsp3) is 0.250. The highest BCUT2D eigenvalue weighted by Gasteiger charge is 2.18. The van der Waals surface area contributed by atoms with Crippen molar-refractivity contribution in [1.29, 1.82) is 0 Å². The smallest absolute Gasteiger partial charge is 0.321 e. The zero-order valence-electron chi connectivity index (χ0n) is 10.3. The highest BCUT2D eigenvalue weighted by atomic mass is 35.5. The summed E-state index contributed by atoms with van der Waals surface area (Å²) in [6.45, 7) is 2.21. The van der Waals surface area contributed by atoms with Gasteiger partial charge in [-0.1, -0.05) is 6.92 Å². The Morgan fingerprint density at radius 3 is 2.55 bits per heavy atom. The predicted molar refractivity (Wildman–Crippen MR) is 65.9 cm³/mol. The lowest BCUT2D eigenvalue weighted by molar-refractivity contribution is 0.291. The van der Waals surface area contributed by atoms with Crippen LogP contribution >= 0.6 is 11.6 Å². The number of benzene rings is 1. The Morgan fingerprint density at radius 2 is 1.85 bits per heavy atom. The number of aromatic nitrogens is 3. The fourth-order valence-electron chi connectivity index (χ4n) is 1.41. The van der Waals surface area contributed by atoms with Gasteiger partial charge in [-0.05, 0) is 30.2 Å². The Bertz CT molecular complexity index is 640. The van der Waals surface area contributed by atoms with Crippen LogP contribution in [0.2, 0.25) is 5.28 Å². The normalized spacial score (nSPS) is 10.7. The second-order valence-electron chi connectivity index (χ2n) is 3.78. The summed E-state index contributed by atoms with van der Waals surface area (Å²) in [6, 6.07) is 1.69. The van der Waals surface area contributed by atoms with Crippen molar-refractivity contribution in [2.45, 2.75) is 13.3 Å². The molecule has 0 spiro atoms. The van der Waals surface area contributed by atoms with Crippen molar-refractivity contribution in [3.63, 3.8) is 0 Å². The minimum Gasteiger partial charge on any atom is -0.463 e. The van der Waals surface area contributed by atoms with Crippen molar-refractivity contribution < 1.29 is 17.9 Å². The molecule has 0 aliphatic carbocycles. The van der Waals surface area contributed by atoms with Crippen LogP contribution in [0.5, 0.6) is 6.01 Å². The van der Waals surface area contributed by atoms with Gasteiger partial charge >= 0.3 is 6.01 Å². The summed E-state index contributed by atoms with van der Waals surface area (Å²) < 4.78 is 44.9. The zero-order chi connectivity index (χ0) is 14.7. The van der Waals surface area contributed by atoms with E-state index in [0.717, 1.165) is 12.1 Å². The van der Waals surface area contributed by atoms with Crippen LogP contribution in [0.3, 0.4) is 0 Å². The van der Waals surface area contributed by atoms with Crippen molar-refractivity contribution in [3.05, 3.63) is 34.9 Å². The van der Waals surface area contributed by atoms with Gasteiger partial charge in [-0.25, -0.2) is 13.2 Å².